The van der Waals surface area contributed by atoms with E-state index in [1.807, 2.05) is 0 Å². The predicted octanol–water partition coefficient (Wildman–Crippen LogP) is 9.50. The molecule has 4 saturated carbocycles. The summed E-state index contributed by atoms with van der Waals surface area (Å²) >= 11 is 1.51. The number of hydrogen-bond acceptors (Lipinski definition) is 0. The summed E-state index contributed by atoms with van der Waals surface area (Å²) in [6, 6.07) is 48.7. The van der Waals surface area contributed by atoms with Gasteiger partial charge in [0.1, 0.15) is 0 Å². The van der Waals surface area contributed by atoms with Crippen molar-refractivity contribution in [1.29, 1.82) is 0 Å². The average Bonchev–Trinajstić information content (AvgIpc) is 3.82. The SMILES string of the molecule is CC(C)(C)c1cc2c([c-]c1-c1ccccc1)Cc1cc(-c3ccccc3)c(C(C)(C)C)cc1-2.C[C](=[Zr+2])c1ccc(C)cc1.Cc1cc(C2(C)C3CC4CC(C3)CC2C4)c[cH-]1.[Cl-].[Cl-]. The molecule has 0 aliphatic heterocycles. The van der Waals surface area contributed by atoms with Crippen molar-refractivity contribution in [2.24, 2.45) is 23.7 Å². The van der Waals surface area contributed by atoms with Gasteiger partial charge in [-0.3, -0.25) is 0 Å². The quantitative estimate of drug-likeness (QED) is 0.155. The largest absolute Gasteiger partial charge is 1.00 e. The van der Waals surface area contributed by atoms with Gasteiger partial charge >= 0.3 is 76.7 Å². The summed E-state index contributed by atoms with van der Waals surface area (Å²) in [5.41, 5.74) is 19.8. The summed E-state index contributed by atoms with van der Waals surface area (Å²) < 4.78 is 1.46. The standard InChI is InChI=1S/C33H33.C17H23.C9H10.2ClH.Zr/c1-32(2,3)30-20-26-24(18-28(30)22-13-9-7-10-14-22)17-25-19-29(23-15-11-8-12-16-23)31(21-27(25)26)33(4,5)6;1-11-3-4-14(5-11)17(2)15-7-12-6-13(9-15)10-16(17)8-12;1-3-9-6-4-8(2)5-7-9;;;/h7-16,18,20-21H,17H2,1-6H3;3-5,12-13,15-16H,6-10H2,1-2H3;4-7H,1-2H3;2*1H;/q2*-1;;;;+2/p-2. The monoisotopic (exact) mass is 934 g/mol. The van der Waals surface area contributed by atoms with Crippen molar-refractivity contribution in [2.45, 2.75) is 124 Å². The maximum absolute atomic E-state index is 3.88. The van der Waals surface area contributed by atoms with Crippen LogP contribution >= 0.6 is 0 Å². The fourth-order valence-electron chi connectivity index (χ4n) is 11.4. The summed E-state index contributed by atoms with van der Waals surface area (Å²) in [6.45, 7) is 23.0. The molecule has 0 aromatic heterocycles. The van der Waals surface area contributed by atoms with Crippen LogP contribution in [0.3, 0.4) is 0 Å². The van der Waals surface area contributed by atoms with E-state index in [1.165, 1.54) is 125 Å². The summed E-state index contributed by atoms with van der Waals surface area (Å²) in [6.07, 6.45) is 8.59. The van der Waals surface area contributed by atoms with Crippen LogP contribution in [-0.4, -0.2) is 3.21 Å². The average molecular weight is 937 g/mol. The first-order valence-electron chi connectivity index (χ1n) is 22.7. The Morgan fingerprint density at radius 3 is 1.68 bits per heavy atom. The fraction of sp³-hybridized carbons (Fsp3) is 0.390. The zero-order valence-corrected chi connectivity index (χ0v) is 42.8. The van der Waals surface area contributed by atoms with Crippen LogP contribution in [0.5, 0.6) is 0 Å². The van der Waals surface area contributed by atoms with Gasteiger partial charge in [0.2, 0.25) is 0 Å². The van der Waals surface area contributed by atoms with Crippen molar-refractivity contribution in [1.82, 2.24) is 0 Å². The Kier molecular flexibility index (Phi) is 14.9. The van der Waals surface area contributed by atoms with E-state index in [-0.39, 0.29) is 35.6 Å². The smallest absolute Gasteiger partial charge is 0.0407 e. The number of benzene rings is 5. The van der Waals surface area contributed by atoms with E-state index in [0.29, 0.717) is 5.41 Å². The van der Waals surface area contributed by atoms with Crippen molar-refractivity contribution in [2.75, 3.05) is 0 Å². The number of hydrogen-bond donors (Lipinski definition) is 0. The van der Waals surface area contributed by atoms with E-state index in [9.17, 15) is 0 Å². The molecule has 0 nitrogen and oxygen atoms in total. The number of rotatable bonds is 4. The first kappa shape index (κ1) is 48.2. The van der Waals surface area contributed by atoms with E-state index in [0.717, 1.165) is 30.1 Å². The van der Waals surface area contributed by atoms with E-state index >= 15 is 0 Å². The molecule has 0 N–H and O–H groups in total. The second-order valence-corrected chi connectivity index (χ2v) is 23.0. The maximum atomic E-state index is 3.88. The minimum Gasteiger partial charge on any atom is -1.00 e. The van der Waals surface area contributed by atoms with Gasteiger partial charge in [-0.15, -0.1) is 28.8 Å². The molecule has 62 heavy (non-hydrogen) atoms. The normalized spacial score (nSPS) is 21.5. The molecule has 0 radical (unpaired) electrons. The summed E-state index contributed by atoms with van der Waals surface area (Å²) in [5.74, 6) is 4.14. The third kappa shape index (κ3) is 9.87. The van der Waals surface area contributed by atoms with E-state index in [2.05, 4.69) is 197 Å². The van der Waals surface area contributed by atoms with Gasteiger partial charge in [0, 0.05) is 0 Å². The molecule has 3 heteroatoms. The van der Waals surface area contributed by atoms with Gasteiger partial charge in [-0.25, -0.2) is 6.07 Å². The summed E-state index contributed by atoms with van der Waals surface area (Å²) in [7, 11) is 0. The molecule has 11 rings (SSSR count). The molecule has 0 amide bonds. The van der Waals surface area contributed by atoms with Crippen LogP contribution in [0.2, 0.25) is 0 Å². The van der Waals surface area contributed by atoms with Crippen LogP contribution in [0.25, 0.3) is 33.4 Å². The molecule has 4 bridgehead atoms. The van der Waals surface area contributed by atoms with Crippen molar-refractivity contribution in [3.63, 3.8) is 0 Å². The molecule has 6 aromatic carbocycles. The summed E-state index contributed by atoms with van der Waals surface area (Å²) in [5, 5.41) is 0. The third-order valence-corrected chi connectivity index (χ3v) is 15.4. The van der Waals surface area contributed by atoms with E-state index in [4.69, 9.17) is 0 Å². The van der Waals surface area contributed by atoms with Crippen molar-refractivity contribution >= 4 is 3.21 Å². The molecule has 5 aliphatic rings. The van der Waals surface area contributed by atoms with Crippen molar-refractivity contribution in [3.8, 4) is 33.4 Å². The molecule has 322 valence electrons. The van der Waals surface area contributed by atoms with Crippen LogP contribution in [0.15, 0.2) is 121 Å². The molecule has 0 heterocycles. The number of fused-ring (bicyclic) bond motifs is 3. The maximum Gasteiger partial charge on any atom is -0.0407 e. The first-order chi connectivity index (χ1) is 28.5. The van der Waals surface area contributed by atoms with Gasteiger partial charge in [0.05, 0.1) is 0 Å². The van der Waals surface area contributed by atoms with Gasteiger partial charge < -0.3 is 24.8 Å². The van der Waals surface area contributed by atoms with Gasteiger partial charge in [-0.1, -0.05) is 150 Å². The summed E-state index contributed by atoms with van der Waals surface area (Å²) in [4.78, 5) is 0. The molecule has 0 saturated heterocycles. The van der Waals surface area contributed by atoms with Gasteiger partial charge in [0.25, 0.3) is 0 Å². The Hall–Kier alpha value is -3.22. The second kappa shape index (κ2) is 19.1. The minimum atomic E-state index is 0. The zero-order valence-electron chi connectivity index (χ0n) is 38.9. The zero-order chi connectivity index (χ0) is 42.6. The topological polar surface area (TPSA) is 0 Å². The molecule has 0 spiro atoms. The minimum absolute atomic E-state index is 0. The molecule has 6 aromatic rings. The second-order valence-electron chi connectivity index (χ2n) is 21.2. The van der Waals surface area contributed by atoms with E-state index in [1.54, 1.807) is 12.0 Å². The third-order valence-electron chi connectivity index (χ3n) is 14.7. The molecule has 5 aliphatic carbocycles. The van der Waals surface area contributed by atoms with Crippen LogP contribution in [-0.2, 0) is 46.9 Å². The number of halogens is 2. The molecule has 4 fully saturated rings. The molecular weight excluding hydrogens is 871 g/mol. The Morgan fingerprint density at radius 1 is 0.645 bits per heavy atom. The Morgan fingerprint density at radius 2 is 1.18 bits per heavy atom. The molecule has 0 atom stereocenters. The van der Waals surface area contributed by atoms with Crippen molar-refractivity contribution < 1.29 is 49.0 Å². The van der Waals surface area contributed by atoms with Gasteiger partial charge in [-0.05, 0) is 95.3 Å². The first-order valence-corrected chi connectivity index (χ1v) is 24.0. The Bertz CT molecular complexity index is 2340. The molecule has 0 unspecified atom stereocenters. The van der Waals surface area contributed by atoms with Crippen molar-refractivity contribution in [3.05, 3.63) is 172 Å². The number of aryl methyl sites for hydroxylation is 2. The Balaban J connectivity index is 0.000000183. The predicted molar refractivity (Wildman–Crippen MR) is 254 cm³/mol. The van der Waals surface area contributed by atoms with Crippen LogP contribution in [0, 0.1) is 43.6 Å². The van der Waals surface area contributed by atoms with E-state index < -0.39 is 0 Å². The molecular formula is C59H66Cl2Zr-2. The van der Waals surface area contributed by atoms with Gasteiger partial charge in [-0.2, -0.15) is 23.3 Å². The van der Waals surface area contributed by atoms with Crippen LogP contribution < -0.4 is 24.8 Å². The van der Waals surface area contributed by atoms with Crippen LogP contribution in [0.4, 0.5) is 0 Å². The Labute approximate surface area is 402 Å². The van der Waals surface area contributed by atoms with Gasteiger partial charge in [0.15, 0.2) is 0 Å². The van der Waals surface area contributed by atoms with Crippen LogP contribution in [0.1, 0.15) is 132 Å². The fourth-order valence-corrected chi connectivity index (χ4v) is 11.8.